The molecular weight excluding hydrogens is 293 g/mol. The van der Waals surface area contributed by atoms with Crippen molar-refractivity contribution in [2.45, 2.75) is 19.6 Å². The third-order valence-corrected chi connectivity index (χ3v) is 3.24. The molecule has 0 amide bonds. The molecule has 1 aromatic carbocycles. The van der Waals surface area contributed by atoms with Crippen LogP contribution < -0.4 is 5.32 Å². The van der Waals surface area contributed by atoms with Crippen LogP contribution in [0.3, 0.4) is 0 Å². The van der Waals surface area contributed by atoms with Crippen molar-refractivity contribution < 1.29 is 13.2 Å². The van der Waals surface area contributed by atoms with Gasteiger partial charge in [0.05, 0.1) is 22.8 Å². The van der Waals surface area contributed by atoms with Crippen LogP contribution in [0.4, 0.5) is 18.9 Å². The van der Waals surface area contributed by atoms with Crippen LogP contribution in [0.25, 0.3) is 0 Å². The van der Waals surface area contributed by atoms with Crippen molar-refractivity contribution in [3.05, 3.63) is 40.4 Å². The number of hydrogen-bond acceptors (Lipinski definition) is 3. The zero-order chi connectivity index (χ0) is 14.9. The number of hydrogen-bond donors (Lipinski definition) is 1. The van der Waals surface area contributed by atoms with Crippen molar-refractivity contribution in [1.82, 2.24) is 14.8 Å². The maximum Gasteiger partial charge on any atom is 0.416 e. The summed E-state index contributed by atoms with van der Waals surface area (Å²) in [6.07, 6.45) is -4.40. The van der Waals surface area contributed by atoms with Crippen molar-refractivity contribution in [1.29, 1.82) is 0 Å². The summed E-state index contributed by atoms with van der Waals surface area (Å²) in [5, 5.41) is 10.8. The van der Waals surface area contributed by atoms with Gasteiger partial charge in [0.25, 0.3) is 0 Å². The van der Waals surface area contributed by atoms with Crippen LogP contribution >= 0.6 is 11.6 Å². The lowest BCUT2D eigenvalue weighted by Gasteiger charge is -2.12. The number of aromatic nitrogens is 3. The first-order valence-electron chi connectivity index (χ1n) is 5.74. The van der Waals surface area contributed by atoms with E-state index in [2.05, 4.69) is 15.5 Å². The van der Waals surface area contributed by atoms with Gasteiger partial charge in [-0.05, 0) is 25.1 Å². The zero-order valence-electron chi connectivity index (χ0n) is 10.8. The number of rotatable bonds is 3. The molecule has 0 aliphatic carbocycles. The van der Waals surface area contributed by atoms with Crippen LogP contribution in [0.15, 0.2) is 18.2 Å². The first-order valence-corrected chi connectivity index (χ1v) is 6.12. The van der Waals surface area contributed by atoms with Crippen LogP contribution in [0, 0.1) is 6.92 Å². The van der Waals surface area contributed by atoms with Crippen molar-refractivity contribution in [2.75, 3.05) is 5.32 Å². The van der Waals surface area contributed by atoms with Crippen LogP contribution in [0.5, 0.6) is 0 Å². The monoisotopic (exact) mass is 304 g/mol. The molecule has 0 saturated carbocycles. The van der Waals surface area contributed by atoms with Crippen molar-refractivity contribution in [3.63, 3.8) is 0 Å². The molecule has 1 heterocycles. The Morgan fingerprint density at radius 3 is 2.55 bits per heavy atom. The van der Waals surface area contributed by atoms with Gasteiger partial charge in [-0.15, -0.1) is 10.2 Å². The summed E-state index contributed by atoms with van der Waals surface area (Å²) in [6, 6.07) is 3.14. The molecule has 2 aromatic rings. The minimum Gasteiger partial charge on any atom is -0.377 e. The lowest BCUT2D eigenvalue weighted by Crippen LogP contribution is -2.09. The quantitative estimate of drug-likeness (QED) is 0.945. The lowest BCUT2D eigenvalue weighted by molar-refractivity contribution is -0.137. The van der Waals surface area contributed by atoms with E-state index in [1.165, 1.54) is 6.07 Å². The van der Waals surface area contributed by atoms with Crippen molar-refractivity contribution in [2.24, 2.45) is 7.05 Å². The highest BCUT2D eigenvalue weighted by Crippen LogP contribution is 2.33. The van der Waals surface area contributed by atoms with Gasteiger partial charge < -0.3 is 9.88 Å². The topological polar surface area (TPSA) is 42.7 Å². The number of alkyl halides is 3. The average molecular weight is 305 g/mol. The van der Waals surface area contributed by atoms with E-state index >= 15 is 0 Å². The van der Waals surface area contributed by atoms with Gasteiger partial charge in [-0.3, -0.25) is 0 Å². The maximum absolute atomic E-state index is 12.6. The van der Waals surface area contributed by atoms with E-state index in [4.69, 9.17) is 11.6 Å². The SMILES string of the molecule is Cc1nnc(CNc2cc(C(F)(F)F)ccc2Cl)n1C. The van der Waals surface area contributed by atoms with Crippen LogP contribution in [0.2, 0.25) is 5.02 Å². The van der Waals surface area contributed by atoms with E-state index in [1.807, 2.05) is 0 Å². The zero-order valence-corrected chi connectivity index (χ0v) is 11.5. The van der Waals surface area contributed by atoms with Crippen LogP contribution in [-0.4, -0.2) is 14.8 Å². The smallest absolute Gasteiger partial charge is 0.377 e. The minimum absolute atomic E-state index is 0.210. The van der Waals surface area contributed by atoms with E-state index in [9.17, 15) is 13.2 Å². The number of benzene rings is 1. The summed E-state index contributed by atoms with van der Waals surface area (Å²) >= 11 is 5.88. The molecule has 4 nitrogen and oxygen atoms in total. The summed E-state index contributed by atoms with van der Waals surface area (Å²) < 4.78 is 39.6. The van der Waals surface area contributed by atoms with Gasteiger partial charge in [-0.1, -0.05) is 11.6 Å². The molecular formula is C12H12ClF3N4. The number of nitrogens with one attached hydrogen (secondary N) is 1. The molecule has 108 valence electrons. The summed E-state index contributed by atoms with van der Waals surface area (Å²) in [5.41, 5.74) is -0.541. The first kappa shape index (κ1) is 14.6. The Morgan fingerprint density at radius 2 is 2.00 bits per heavy atom. The summed E-state index contributed by atoms with van der Waals surface area (Å²) in [7, 11) is 1.78. The van der Waals surface area contributed by atoms with Crippen molar-refractivity contribution in [3.8, 4) is 0 Å². The van der Waals surface area contributed by atoms with Gasteiger partial charge in [0.1, 0.15) is 5.82 Å². The Kier molecular flexibility index (Phi) is 3.89. The number of anilines is 1. The van der Waals surface area contributed by atoms with E-state index in [1.54, 1.807) is 18.5 Å². The summed E-state index contributed by atoms with van der Waals surface area (Å²) in [6.45, 7) is 2.02. The highest BCUT2D eigenvalue weighted by atomic mass is 35.5. The second-order valence-electron chi connectivity index (χ2n) is 4.27. The molecule has 2 rings (SSSR count). The molecule has 0 aliphatic heterocycles. The largest absolute Gasteiger partial charge is 0.416 e. The Labute approximate surface area is 118 Å². The molecule has 8 heteroatoms. The highest BCUT2D eigenvalue weighted by molar-refractivity contribution is 6.33. The van der Waals surface area contributed by atoms with Gasteiger partial charge >= 0.3 is 6.18 Å². The molecule has 0 bridgehead atoms. The first-order chi connectivity index (χ1) is 9.29. The van der Waals surface area contributed by atoms with Gasteiger partial charge in [0, 0.05) is 7.05 Å². The van der Waals surface area contributed by atoms with Crippen LogP contribution in [-0.2, 0) is 19.8 Å². The fraction of sp³-hybridized carbons (Fsp3) is 0.333. The summed E-state index contributed by atoms with van der Waals surface area (Å²) in [4.78, 5) is 0. The second-order valence-corrected chi connectivity index (χ2v) is 4.68. The van der Waals surface area contributed by atoms with E-state index in [0.717, 1.165) is 18.0 Å². The van der Waals surface area contributed by atoms with E-state index in [0.29, 0.717) is 5.82 Å². The molecule has 1 N–H and O–H groups in total. The third-order valence-electron chi connectivity index (χ3n) is 2.91. The maximum atomic E-state index is 12.6. The van der Waals surface area contributed by atoms with Gasteiger partial charge in [0.15, 0.2) is 5.82 Å². The minimum atomic E-state index is -4.40. The fourth-order valence-corrected chi connectivity index (χ4v) is 1.80. The van der Waals surface area contributed by atoms with Crippen molar-refractivity contribution >= 4 is 17.3 Å². The number of halogens is 4. The molecule has 0 saturated heterocycles. The Bertz CT molecular complexity index is 622. The molecule has 0 radical (unpaired) electrons. The Hall–Kier alpha value is -1.76. The predicted molar refractivity (Wildman–Crippen MR) is 69.5 cm³/mol. The number of aryl methyl sites for hydroxylation is 1. The molecule has 0 fully saturated rings. The summed E-state index contributed by atoms with van der Waals surface area (Å²) in [5.74, 6) is 1.33. The lowest BCUT2D eigenvalue weighted by atomic mass is 10.2. The number of nitrogens with zero attached hydrogens (tertiary/aromatic N) is 3. The normalized spacial score (nSPS) is 11.7. The Balaban J connectivity index is 2.19. The molecule has 0 spiro atoms. The third kappa shape index (κ3) is 3.04. The van der Waals surface area contributed by atoms with Gasteiger partial charge in [-0.2, -0.15) is 13.2 Å². The fourth-order valence-electron chi connectivity index (χ4n) is 1.62. The predicted octanol–water partition coefficient (Wildman–Crippen LogP) is 3.41. The second kappa shape index (κ2) is 5.32. The van der Waals surface area contributed by atoms with Crippen LogP contribution in [0.1, 0.15) is 17.2 Å². The molecule has 0 unspecified atom stereocenters. The molecule has 0 atom stereocenters. The van der Waals surface area contributed by atoms with Gasteiger partial charge in [-0.25, -0.2) is 0 Å². The van der Waals surface area contributed by atoms with Gasteiger partial charge in [0.2, 0.25) is 0 Å². The molecule has 20 heavy (non-hydrogen) atoms. The molecule has 0 aliphatic rings. The Morgan fingerprint density at radius 1 is 1.30 bits per heavy atom. The standard InChI is InChI=1S/C12H12ClF3N4/c1-7-18-19-11(20(7)2)6-17-10-5-8(12(14,15)16)3-4-9(10)13/h3-5,17H,6H2,1-2H3. The average Bonchev–Trinajstić information content (AvgIpc) is 2.68. The molecule has 1 aromatic heterocycles. The van der Waals surface area contributed by atoms with E-state index in [-0.39, 0.29) is 17.3 Å². The van der Waals surface area contributed by atoms with E-state index < -0.39 is 11.7 Å². The highest BCUT2D eigenvalue weighted by Gasteiger charge is 2.30.